The summed E-state index contributed by atoms with van der Waals surface area (Å²) in [5.41, 5.74) is 2.23. The minimum atomic E-state index is -4.29. The third-order valence-corrected chi connectivity index (χ3v) is 5.84. The van der Waals surface area contributed by atoms with Crippen LogP contribution in [0.3, 0.4) is 0 Å². The molecule has 0 spiro atoms. The van der Waals surface area contributed by atoms with Gasteiger partial charge in [0.05, 0.1) is 36.3 Å². The fourth-order valence-electron chi connectivity index (χ4n) is 4.05. The lowest BCUT2D eigenvalue weighted by atomic mass is 10.1. The summed E-state index contributed by atoms with van der Waals surface area (Å²) in [4.78, 5) is 48.2. The molecule has 202 valence electrons. The van der Waals surface area contributed by atoms with Crippen LogP contribution in [0.5, 0.6) is 0 Å². The highest BCUT2D eigenvalue weighted by molar-refractivity contribution is 5.94. The molecule has 3 N–H and O–H groups in total. The average molecular weight is 542 g/mol. The maximum Gasteiger partial charge on any atom is 0.417 e. The number of hydrogen-bond donors (Lipinski definition) is 3. The molecule has 5 rings (SSSR count). The summed E-state index contributed by atoms with van der Waals surface area (Å²) in [6, 6.07) is 10.9. The molecule has 1 aliphatic heterocycles. The van der Waals surface area contributed by atoms with Crippen LogP contribution < -0.4 is 21.3 Å². The molecule has 39 heavy (non-hydrogen) atoms. The van der Waals surface area contributed by atoms with Crippen LogP contribution in [0.1, 0.15) is 21.5 Å². The number of nitrogens with zero attached hydrogens (tertiary/aromatic N) is 3. The molecule has 1 fully saturated rings. The van der Waals surface area contributed by atoms with E-state index in [4.69, 9.17) is 9.15 Å². The number of ether oxygens (including phenoxy) is 1. The minimum absolute atomic E-state index is 0.0385. The van der Waals surface area contributed by atoms with Crippen LogP contribution in [-0.4, -0.2) is 52.3 Å². The first-order chi connectivity index (χ1) is 18.6. The molecular weight excluding hydrogens is 521 g/mol. The van der Waals surface area contributed by atoms with Crippen molar-refractivity contribution in [2.45, 2.75) is 25.2 Å². The number of benzene rings is 2. The number of cyclic esters (lactones) is 1. The fraction of sp³-hybridized carbons (Fsp3) is 0.240. The average Bonchev–Trinajstić information content (AvgIpc) is 3.46. The zero-order valence-electron chi connectivity index (χ0n) is 20.1. The first-order valence-corrected chi connectivity index (χ1v) is 11.7. The second-order valence-corrected chi connectivity index (χ2v) is 8.78. The summed E-state index contributed by atoms with van der Waals surface area (Å²) in [5.74, 6) is -0.885. The summed E-state index contributed by atoms with van der Waals surface area (Å²) < 4.78 is 48.2. The van der Waals surface area contributed by atoms with E-state index in [2.05, 4.69) is 25.6 Å². The number of hydrogen-bond acceptors (Lipinski definition) is 8. The predicted molar refractivity (Wildman–Crippen MR) is 132 cm³/mol. The molecule has 2 aromatic carbocycles. The number of aromatic amines is 1. The van der Waals surface area contributed by atoms with E-state index >= 15 is 0 Å². The van der Waals surface area contributed by atoms with Crippen LogP contribution in [0.2, 0.25) is 0 Å². The molecule has 11 nitrogen and oxygen atoms in total. The van der Waals surface area contributed by atoms with Gasteiger partial charge < -0.3 is 19.8 Å². The third kappa shape index (κ3) is 6.34. The highest BCUT2D eigenvalue weighted by atomic mass is 19.4. The quantitative estimate of drug-likeness (QED) is 0.308. The molecule has 4 aromatic rings. The number of H-pyrrole nitrogens is 1. The summed E-state index contributed by atoms with van der Waals surface area (Å²) in [6.45, 7) is 0.406. The second kappa shape index (κ2) is 10.5. The molecule has 1 saturated heterocycles. The Labute approximate surface area is 218 Å². The number of amides is 2. The van der Waals surface area contributed by atoms with Crippen LogP contribution >= 0.6 is 0 Å². The van der Waals surface area contributed by atoms with Gasteiger partial charge in [-0.25, -0.2) is 19.6 Å². The lowest BCUT2D eigenvalue weighted by molar-refractivity contribution is -0.127. The number of nitrogens with one attached hydrogen (secondary N) is 3. The highest BCUT2D eigenvalue weighted by Gasteiger charge is 2.33. The number of oxazole rings is 1. The molecule has 1 aliphatic rings. The van der Waals surface area contributed by atoms with Crippen LogP contribution in [-0.2, 0) is 17.7 Å². The number of alkyl halides is 3. The number of aromatic nitrogens is 3. The Kier molecular flexibility index (Phi) is 6.92. The number of carbonyl (C=O) groups excluding carboxylic acids is 2. The van der Waals surface area contributed by atoms with E-state index < -0.39 is 36.5 Å². The molecule has 0 radical (unpaired) electrons. The Morgan fingerprint density at radius 2 is 1.87 bits per heavy atom. The summed E-state index contributed by atoms with van der Waals surface area (Å²) in [7, 11) is 0. The smallest absolute Gasteiger partial charge is 0.417 e. The molecule has 14 heteroatoms. The minimum Gasteiger partial charge on any atom is -0.442 e. The Morgan fingerprint density at radius 1 is 1.10 bits per heavy atom. The number of halogens is 3. The molecule has 0 aliphatic carbocycles. The van der Waals surface area contributed by atoms with Crippen LogP contribution in [0.25, 0.3) is 11.1 Å². The van der Waals surface area contributed by atoms with Crippen LogP contribution in [0, 0.1) is 0 Å². The van der Waals surface area contributed by atoms with Gasteiger partial charge in [0.15, 0.2) is 5.58 Å². The van der Waals surface area contributed by atoms with Gasteiger partial charge >= 0.3 is 18.0 Å². The summed E-state index contributed by atoms with van der Waals surface area (Å²) in [5, 5.41) is 5.58. The van der Waals surface area contributed by atoms with E-state index in [9.17, 15) is 27.6 Å². The topological polar surface area (TPSA) is 142 Å². The Balaban J connectivity index is 1.12. The normalized spacial score (nSPS) is 15.4. The second-order valence-electron chi connectivity index (χ2n) is 8.78. The van der Waals surface area contributed by atoms with E-state index in [-0.39, 0.29) is 36.7 Å². The largest absolute Gasteiger partial charge is 0.442 e. The van der Waals surface area contributed by atoms with E-state index in [1.807, 2.05) is 0 Å². The van der Waals surface area contributed by atoms with Gasteiger partial charge in [-0.05, 0) is 23.3 Å². The molecule has 0 saturated carbocycles. The summed E-state index contributed by atoms with van der Waals surface area (Å²) in [6.07, 6.45) is -3.92. The molecular formula is C25H21F3N6O5. The van der Waals surface area contributed by atoms with Gasteiger partial charge in [-0.15, -0.1) is 0 Å². The monoisotopic (exact) mass is 542 g/mol. The van der Waals surface area contributed by atoms with Gasteiger partial charge in [0, 0.05) is 25.0 Å². The van der Waals surface area contributed by atoms with Gasteiger partial charge in [-0.3, -0.25) is 14.7 Å². The number of anilines is 2. The van der Waals surface area contributed by atoms with E-state index in [0.29, 0.717) is 22.4 Å². The molecule has 0 unspecified atom stereocenters. The molecule has 3 heterocycles. The van der Waals surface area contributed by atoms with Gasteiger partial charge in [0.2, 0.25) is 5.95 Å². The molecule has 1 atom stereocenters. The number of fused-ring (bicyclic) bond motifs is 1. The van der Waals surface area contributed by atoms with Crippen molar-refractivity contribution < 1.29 is 31.9 Å². The van der Waals surface area contributed by atoms with Crippen molar-refractivity contribution in [3.8, 4) is 0 Å². The maximum absolute atomic E-state index is 12.6. The highest BCUT2D eigenvalue weighted by Crippen LogP contribution is 2.25. The van der Waals surface area contributed by atoms with Crippen molar-refractivity contribution in [3.63, 3.8) is 0 Å². The van der Waals surface area contributed by atoms with Crippen molar-refractivity contribution in [1.82, 2.24) is 20.3 Å². The van der Waals surface area contributed by atoms with Crippen LogP contribution in [0.4, 0.5) is 29.6 Å². The predicted octanol–water partition coefficient (Wildman–Crippen LogP) is 3.38. The third-order valence-electron chi connectivity index (χ3n) is 5.84. The molecule has 2 aromatic heterocycles. The van der Waals surface area contributed by atoms with Gasteiger partial charge in [-0.1, -0.05) is 24.3 Å². The van der Waals surface area contributed by atoms with E-state index in [1.165, 1.54) is 29.4 Å². The van der Waals surface area contributed by atoms with E-state index in [1.54, 1.807) is 30.3 Å². The first kappa shape index (κ1) is 25.8. The van der Waals surface area contributed by atoms with Crippen LogP contribution in [0.15, 0.2) is 64.1 Å². The zero-order chi connectivity index (χ0) is 27.6. The standard InChI is InChI=1S/C25H21F3N6O5/c26-25(27,28)8-14-2-1-3-15(6-14)9-30-22-31-10-16(11-32-22)21(35)29-12-18-13-34(24(37)38-18)17-4-5-19-20(7-17)39-23(36)33-19/h1-7,10-11,18H,8-9,12-13H2,(H,29,35)(H,33,36)(H,30,31,32)/t18-/m0/s1. The summed E-state index contributed by atoms with van der Waals surface area (Å²) >= 11 is 0. The van der Waals surface area contributed by atoms with Gasteiger partial charge in [0.1, 0.15) is 6.10 Å². The van der Waals surface area contributed by atoms with Gasteiger partial charge in [-0.2, -0.15) is 13.2 Å². The Morgan fingerprint density at radius 3 is 2.64 bits per heavy atom. The molecule has 2 amide bonds. The Bertz CT molecular complexity index is 1570. The SMILES string of the molecule is O=C(NC[C@H]1CN(c2ccc3[nH]c(=O)oc3c2)C(=O)O1)c1cnc(NCc2cccc(CC(F)(F)F)c2)nc1. The van der Waals surface area contributed by atoms with Gasteiger partial charge in [0.25, 0.3) is 5.91 Å². The Hall–Kier alpha value is -4.88. The number of carbonyl (C=O) groups is 2. The lowest BCUT2D eigenvalue weighted by Crippen LogP contribution is -2.34. The lowest BCUT2D eigenvalue weighted by Gasteiger charge is -2.13. The van der Waals surface area contributed by atoms with Crippen molar-refractivity contribution >= 4 is 34.7 Å². The fourth-order valence-corrected chi connectivity index (χ4v) is 4.05. The zero-order valence-corrected chi connectivity index (χ0v) is 20.1. The van der Waals surface area contributed by atoms with Crippen molar-refractivity contribution in [3.05, 3.63) is 82.1 Å². The van der Waals surface area contributed by atoms with Crippen molar-refractivity contribution in [2.24, 2.45) is 0 Å². The van der Waals surface area contributed by atoms with Crippen molar-refractivity contribution in [1.29, 1.82) is 0 Å². The van der Waals surface area contributed by atoms with E-state index in [0.717, 1.165) is 0 Å². The number of rotatable bonds is 8. The molecule has 0 bridgehead atoms. The maximum atomic E-state index is 12.6. The van der Waals surface area contributed by atoms with Crippen molar-refractivity contribution in [2.75, 3.05) is 23.3 Å². The first-order valence-electron chi connectivity index (χ1n) is 11.7.